The number of rotatable bonds is 3. The number of benzene rings is 1. The Morgan fingerprint density at radius 2 is 2.25 bits per heavy atom. The Labute approximate surface area is 163 Å². The third-order valence-corrected chi connectivity index (χ3v) is 5.55. The second-order valence-electron chi connectivity index (χ2n) is 5.69. The molecule has 0 bridgehead atoms. The fourth-order valence-corrected chi connectivity index (χ4v) is 4.28. The number of halogens is 2. The predicted molar refractivity (Wildman–Crippen MR) is 106 cm³/mol. The molecule has 1 atom stereocenters. The van der Waals surface area contributed by atoms with E-state index in [-0.39, 0.29) is 17.0 Å². The molecular weight excluding hydrogens is 454 g/mol. The van der Waals surface area contributed by atoms with E-state index in [2.05, 4.69) is 31.8 Å². The highest BCUT2D eigenvalue weighted by molar-refractivity contribution is 9.10. The molecule has 4 rings (SSSR count). The van der Waals surface area contributed by atoms with Crippen LogP contribution in [0.3, 0.4) is 0 Å². The van der Waals surface area contributed by atoms with Crippen molar-refractivity contribution in [2.45, 2.75) is 25.8 Å². The number of aryl methyl sites for hydroxylation is 1. The van der Waals surface area contributed by atoms with Crippen molar-refractivity contribution < 1.29 is 4.52 Å². The van der Waals surface area contributed by atoms with Gasteiger partial charge in [0.15, 0.2) is 0 Å². The topological polar surface area (TPSA) is 51.0 Å². The van der Waals surface area contributed by atoms with Crippen LogP contribution in [0.4, 0.5) is 0 Å². The van der Waals surface area contributed by atoms with Crippen LogP contribution in [0.25, 0.3) is 22.5 Å². The van der Waals surface area contributed by atoms with Crippen LogP contribution in [0.5, 0.6) is 0 Å². The molecule has 1 unspecified atom stereocenters. The average molecular weight is 471 g/mol. The third kappa shape index (κ3) is 3.35. The molecule has 0 saturated carbocycles. The first-order valence-corrected chi connectivity index (χ1v) is 9.31. The van der Waals surface area contributed by atoms with E-state index in [4.69, 9.17) is 9.51 Å². The van der Waals surface area contributed by atoms with Crippen molar-refractivity contribution in [3.05, 3.63) is 44.9 Å². The number of thiazole rings is 1. The molecule has 3 heterocycles. The van der Waals surface area contributed by atoms with E-state index in [1.807, 2.05) is 31.2 Å². The van der Waals surface area contributed by atoms with Gasteiger partial charge in [-0.1, -0.05) is 33.2 Å². The van der Waals surface area contributed by atoms with Crippen LogP contribution in [0, 0.1) is 6.92 Å². The summed E-state index contributed by atoms with van der Waals surface area (Å²) in [6.07, 6.45) is 2.38. The molecule has 1 N–H and O–H groups in total. The summed E-state index contributed by atoms with van der Waals surface area (Å²) in [4.78, 5) is 4.85. The molecule has 1 aliphatic rings. The zero-order chi connectivity index (χ0) is 15.8. The summed E-state index contributed by atoms with van der Waals surface area (Å²) in [5.74, 6) is 0.802. The summed E-state index contributed by atoms with van der Waals surface area (Å²) >= 11 is 5.22. The van der Waals surface area contributed by atoms with Crippen molar-refractivity contribution >= 4 is 44.2 Å². The van der Waals surface area contributed by atoms with Crippen LogP contribution < -0.4 is 5.32 Å². The normalized spacial score (nSPS) is 17.0. The molecule has 0 spiro atoms. The highest BCUT2D eigenvalue weighted by Gasteiger charge is 2.23. The Bertz CT molecular complexity index is 840. The molecule has 0 radical (unpaired) electrons. The number of nitrogens with zero attached hydrogens (tertiary/aromatic N) is 2. The van der Waals surface area contributed by atoms with Gasteiger partial charge in [-0.2, -0.15) is 0 Å². The van der Waals surface area contributed by atoms with E-state index < -0.39 is 0 Å². The van der Waals surface area contributed by atoms with E-state index in [1.165, 1.54) is 6.42 Å². The Hall–Kier alpha value is -1.02. The fourth-order valence-electron chi connectivity index (χ4n) is 2.96. The summed E-state index contributed by atoms with van der Waals surface area (Å²) in [5, 5.41) is 11.0. The maximum Gasteiger partial charge on any atom is 0.143 e. The van der Waals surface area contributed by atoms with Gasteiger partial charge in [0.25, 0.3) is 0 Å². The van der Waals surface area contributed by atoms with Gasteiger partial charge >= 0.3 is 0 Å². The van der Waals surface area contributed by atoms with Crippen molar-refractivity contribution in [3.8, 4) is 22.5 Å². The average Bonchev–Trinajstić information content (AvgIpc) is 3.27. The zero-order valence-corrected chi connectivity index (χ0v) is 17.2. The van der Waals surface area contributed by atoms with Gasteiger partial charge in [-0.25, -0.2) is 4.98 Å². The van der Waals surface area contributed by atoms with Crippen molar-refractivity contribution in [2.24, 2.45) is 0 Å². The molecule has 0 aliphatic carbocycles. The molecule has 7 heteroatoms. The number of hydrogen-bond donors (Lipinski definition) is 1. The molecule has 1 aliphatic heterocycles. The highest BCUT2D eigenvalue weighted by atomic mass is 79.9. The Balaban J connectivity index is 0.00000169. The van der Waals surface area contributed by atoms with Gasteiger partial charge in [0.1, 0.15) is 16.5 Å². The van der Waals surface area contributed by atoms with Gasteiger partial charge in [-0.15, -0.1) is 28.3 Å². The maximum absolute atomic E-state index is 5.46. The van der Waals surface area contributed by atoms with Gasteiger partial charge in [0, 0.05) is 15.4 Å². The summed E-state index contributed by atoms with van der Waals surface area (Å²) in [5.41, 5.74) is 3.82. The van der Waals surface area contributed by atoms with Gasteiger partial charge in [-0.05, 0) is 38.4 Å². The predicted octanol–water partition coefficient (Wildman–Crippen LogP) is 5.54. The lowest BCUT2D eigenvalue weighted by molar-refractivity contribution is 0.400. The van der Waals surface area contributed by atoms with Crippen molar-refractivity contribution in [3.63, 3.8) is 0 Å². The number of aromatic nitrogens is 2. The van der Waals surface area contributed by atoms with Crippen LogP contribution in [-0.2, 0) is 0 Å². The van der Waals surface area contributed by atoms with E-state index in [0.29, 0.717) is 6.04 Å². The lowest BCUT2D eigenvalue weighted by atomic mass is 10.0. The molecule has 24 heavy (non-hydrogen) atoms. The van der Waals surface area contributed by atoms with Crippen LogP contribution in [0.2, 0.25) is 0 Å². The lowest BCUT2D eigenvalue weighted by Gasteiger charge is -2.05. The maximum atomic E-state index is 5.46. The lowest BCUT2D eigenvalue weighted by Crippen LogP contribution is -2.12. The van der Waals surface area contributed by atoms with Crippen molar-refractivity contribution in [1.82, 2.24) is 15.5 Å². The Kier molecular flexibility index (Phi) is 5.54. The number of nitrogens with one attached hydrogen (secondary N) is 1. The van der Waals surface area contributed by atoms with E-state index in [1.54, 1.807) is 11.3 Å². The van der Waals surface area contributed by atoms with Gasteiger partial charge in [0.2, 0.25) is 0 Å². The molecule has 2 aromatic heterocycles. The van der Waals surface area contributed by atoms with E-state index in [0.717, 1.165) is 50.7 Å². The molecule has 1 aromatic carbocycles. The second-order valence-corrected chi connectivity index (χ2v) is 7.50. The molecule has 0 amide bonds. The highest BCUT2D eigenvalue weighted by Crippen LogP contribution is 2.37. The van der Waals surface area contributed by atoms with E-state index in [9.17, 15) is 0 Å². The van der Waals surface area contributed by atoms with Crippen LogP contribution in [0.15, 0.2) is 38.6 Å². The minimum Gasteiger partial charge on any atom is -0.360 e. The van der Waals surface area contributed by atoms with Crippen molar-refractivity contribution in [2.75, 3.05) is 6.54 Å². The minimum atomic E-state index is 0. The van der Waals surface area contributed by atoms with Gasteiger partial charge < -0.3 is 9.84 Å². The zero-order valence-electron chi connectivity index (χ0n) is 13.1. The Morgan fingerprint density at radius 1 is 1.38 bits per heavy atom. The summed E-state index contributed by atoms with van der Waals surface area (Å²) in [6.45, 7) is 3.02. The summed E-state index contributed by atoms with van der Waals surface area (Å²) < 4.78 is 6.49. The summed E-state index contributed by atoms with van der Waals surface area (Å²) in [7, 11) is 0. The summed E-state index contributed by atoms with van der Waals surface area (Å²) in [6, 6.07) is 8.48. The fraction of sp³-hybridized carbons (Fsp3) is 0.294. The van der Waals surface area contributed by atoms with Crippen LogP contribution in [-0.4, -0.2) is 16.7 Å². The molecule has 4 nitrogen and oxygen atoms in total. The minimum absolute atomic E-state index is 0. The Morgan fingerprint density at radius 3 is 3.00 bits per heavy atom. The monoisotopic (exact) mass is 469 g/mol. The SMILES string of the molecule is Br.Cc1onc(-c2cccc(Br)c2)c1-c1csc(C2CCCN2)n1. The van der Waals surface area contributed by atoms with E-state index >= 15 is 0 Å². The largest absolute Gasteiger partial charge is 0.360 e. The third-order valence-electron chi connectivity index (χ3n) is 4.10. The first-order valence-electron chi connectivity index (χ1n) is 7.64. The molecular formula is C17H17Br2N3OS. The molecule has 1 saturated heterocycles. The first-order chi connectivity index (χ1) is 11.2. The standard InChI is InChI=1S/C17H16BrN3OS.BrH/c1-10-15(14-9-23-17(20-14)13-6-3-7-19-13)16(21-22-10)11-4-2-5-12(18)8-11;/h2,4-5,8-9,13,19H,3,6-7H2,1H3;1H. The van der Waals surface area contributed by atoms with Gasteiger partial charge in [-0.3, -0.25) is 0 Å². The molecule has 3 aromatic rings. The van der Waals surface area contributed by atoms with Crippen molar-refractivity contribution in [1.29, 1.82) is 0 Å². The number of hydrogen-bond acceptors (Lipinski definition) is 5. The van der Waals surface area contributed by atoms with Gasteiger partial charge in [0.05, 0.1) is 17.3 Å². The second kappa shape index (κ2) is 7.47. The quantitative estimate of drug-likeness (QED) is 0.546. The first kappa shape index (κ1) is 17.8. The molecule has 126 valence electrons. The molecule has 1 fully saturated rings. The smallest absolute Gasteiger partial charge is 0.143 e. The van der Waals surface area contributed by atoms with Crippen LogP contribution >= 0.6 is 44.2 Å². The van der Waals surface area contributed by atoms with Crippen LogP contribution in [0.1, 0.15) is 29.7 Å².